The van der Waals surface area contributed by atoms with Gasteiger partial charge in [0.1, 0.15) is 6.07 Å². The molecule has 0 saturated carbocycles. The number of nitrogens with zero attached hydrogens (tertiary/aromatic N) is 3. The van der Waals surface area contributed by atoms with Crippen molar-refractivity contribution in [2.45, 2.75) is 26.3 Å². The summed E-state index contributed by atoms with van der Waals surface area (Å²) in [5, 5.41) is 8.86. The van der Waals surface area contributed by atoms with Gasteiger partial charge in [-0.2, -0.15) is 5.26 Å². The third-order valence-corrected chi connectivity index (χ3v) is 4.19. The van der Waals surface area contributed by atoms with Crippen LogP contribution in [-0.2, 0) is 6.42 Å². The van der Waals surface area contributed by atoms with Gasteiger partial charge in [-0.25, -0.2) is 9.37 Å². The minimum Gasteiger partial charge on any atom is -0.347 e. The van der Waals surface area contributed by atoms with E-state index in [0.717, 1.165) is 13.0 Å². The molecule has 1 atom stereocenters. The molecule has 4 heteroatoms. The molecule has 3 rings (SSSR count). The van der Waals surface area contributed by atoms with Gasteiger partial charge in [0.05, 0.1) is 11.6 Å². The molecule has 0 saturated heterocycles. The number of rotatable bonds is 2. The average molecular weight is 295 g/mol. The van der Waals surface area contributed by atoms with Gasteiger partial charge >= 0.3 is 0 Å². The molecule has 3 nitrogen and oxygen atoms in total. The number of hydrogen-bond donors (Lipinski definition) is 0. The molecule has 0 fully saturated rings. The van der Waals surface area contributed by atoms with E-state index < -0.39 is 5.82 Å². The molecule has 0 bridgehead atoms. The summed E-state index contributed by atoms with van der Waals surface area (Å²) in [7, 11) is 0. The van der Waals surface area contributed by atoms with E-state index >= 15 is 0 Å². The smallest absolute Gasteiger partial charge is 0.166 e. The molecule has 22 heavy (non-hydrogen) atoms. The molecule has 1 aromatic heterocycles. The first kappa shape index (κ1) is 14.5. The monoisotopic (exact) mass is 295 g/mol. The maximum Gasteiger partial charge on any atom is 0.166 e. The Morgan fingerprint density at radius 1 is 1.36 bits per heavy atom. The fourth-order valence-corrected chi connectivity index (χ4v) is 3.26. The molecule has 1 unspecified atom stereocenters. The lowest BCUT2D eigenvalue weighted by molar-refractivity contribution is 0.440. The molecule has 0 spiro atoms. The standard InChI is InChI=1S/C18H18FN3/c1-12(2)17-15-6-4-3-5-14(15)7-8-22(17)18-16(19)9-13(10-20)11-21-18/h3-6,9,11-12,17H,7-8H2,1-2H3. The van der Waals surface area contributed by atoms with Gasteiger partial charge in [-0.05, 0) is 29.5 Å². The summed E-state index contributed by atoms with van der Waals surface area (Å²) in [4.78, 5) is 6.24. The first-order valence-electron chi connectivity index (χ1n) is 7.52. The normalized spacial score (nSPS) is 17.2. The average Bonchev–Trinajstić information content (AvgIpc) is 2.53. The molecule has 0 aliphatic carbocycles. The lowest BCUT2D eigenvalue weighted by atomic mass is 9.86. The summed E-state index contributed by atoms with van der Waals surface area (Å²) in [6.07, 6.45) is 2.32. The summed E-state index contributed by atoms with van der Waals surface area (Å²) >= 11 is 0. The van der Waals surface area contributed by atoms with Crippen molar-refractivity contribution >= 4 is 5.82 Å². The zero-order valence-corrected chi connectivity index (χ0v) is 12.8. The van der Waals surface area contributed by atoms with Crippen molar-refractivity contribution in [3.63, 3.8) is 0 Å². The van der Waals surface area contributed by atoms with Gasteiger partial charge in [0, 0.05) is 12.7 Å². The van der Waals surface area contributed by atoms with Gasteiger partial charge in [0.2, 0.25) is 0 Å². The number of halogens is 1. The number of pyridine rings is 1. The fraction of sp³-hybridized carbons (Fsp3) is 0.333. The molecular weight excluding hydrogens is 277 g/mol. The predicted molar refractivity (Wildman–Crippen MR) is 84.0 cm³/mol. The minimum atomic E-state index is -0.427. The maximum atomic E-state index is 14.4. The molecule has 0 N–H and O–H groups in total. The van der Waals surface area contributed by atoms with Crippen LogP contribution in [0.3, 0.4) is 0 Å². The van der Waals surface area contributed by atoms with Gasteiger partial charge in [0.15, 0.2) is 11.6 Å². The van der Waals surface area contributed by atoms with E-state index in [4.69, 9.17) is 5.26 Å². The number of aromatic nitrogens is 1. The van der Waals surface area contributed by atoms with Crippen molar-refractivity contribution in [1.82, 2.24) is 4.98 Å². The third kappa shape index (κ3) is 2.43. The van der Waals surface area contributed by atoms with Crippen LogP contribution in [0.2, 0.25) is 0 Å². The third-order valence-electron chi connectivity index (χ3n) is 4.19. The second-order valence-corrected chi connectivity index (χ2v) is 5.97. The molecule has 1 aliphatic rings. The van der Waals surface area contributed by atoms with E-state index in [2.05, 4.69) is 31.0 Å². The van der Waals surface area contributed by atoms with Crippen LogP contribution in [0.15, 0.2) is 36.5 Å². The molecule has 2 aromatic rings. The number of nitriles is 1. The molecule has 1 aliphatic heterocycles. The van der Waals surface area contributed by atoms with Gasteiger partial charge in [-0.1, -0.05) is 38.1 Å². The highest BCUT2D eigenvalue weighted by Gasteiger charge is 2.31. The van der Waals surface area contributed by atoms with Crippen LogP contribution in [0.4, 0.5) is 10.2 Å². The van der Waals surface area contributed by atoms with Crippen LogP contribution >= 0.6 is 0 Å². The van der Waals surface area contributed by atoms with E-state index in [1.165, 1.54) is 23.4 Å². The SMILES string of the molecule is CC(C)C1c2ccccc2CCN1c1ncc(C#N)cc1F. The van der Waals surface area contributed by atoms with Gasteiger partial charge in [-0.3, -0.25) is 0 Å². The summed E-state index contributed by atoms with van der Waals surface area (Å²) in [5.74, 6) is 0.245. The number of benzene rings is 1. The highest BCUT2D eigenvalue weighted by Crippen LogP contribution is 2.38. The Morgan fingerprint density at radius 3 is 2.82 bits per heavy atom. The number of anilines is 1. The molecule has 2 heterocycles. The summed E-state index contributed by atoms with van der Waals surface area (Å²) in [6.45, 7) is 5.01. The van der Waals surface area contributed by atoms with Crippen molar-refractivity contribution in [3.05, 3.63) is 59.0 Å². The topological polar surface area (TPSA) is 39.9 Å². The van der Waals surface area contributed by atoms with Crippen molar-refractivity contribution in [1.29, 1.82) is 5.26 Å². The zero-order chi connectivity index (χ0) is 15.7. The Kier molecular flexibility index (Phi) is 3.81. The van der Waals surface area contributed by atoms with Crippen LogP contribution < -0.4 is 4.90 Å². The van der Waals surface area contributed by atoms with Crippen LogP contribution in [-0.4, -0.2) is 11.5 Å². The van der Waals surface area contributed by atoms with Crippen LogP contribution in [0.5, 0.6) is 0 Å². The zero-order valence-electron chi connectivity index (χ0n) is 12.8. The Labute approximate surface area is 130 Å². The lowest BCUT2D eigenvalue weighted by Gasteiger charge is -2.40. The molecular formula is C18H18FN3. The molecule has 112 valence electrons. The Morgan fingerprint density at radius 2 is 2.14 bits per heavy atom. The molecule has 0 amide bonds. The molecule has 0 radical (unpaired) electrons. The summed E-state index contributed by atoms with van der Waals surface area (Å²) < 4.78 is 14.4. The summed E-state index contributed by atoms with van der Waals surface area (Å²) in [6, 6.07) is 11.6. The van der Waals surface area contributed by atoms with E-state index in [9.17, 15) is 4.39 Å². The van der Waals surface area contributed by atoms with Crippen LogP contribution in [0.25, 0.3) is 0 Å². The van der Waals surface area contributed by atoms with E-state index in [1.54, 1.807) is 0 Å². The van der Waals surface area contributed by atoms with Crippen molar-refractivity contribution in [2.24, 2.45) is 5.92 Å². The first-order chi connectivity index (χ1) is 10.6. The molecule has 1 aromatic carbocycles. The van der Waals surface area contributed by atoms with E-state index in [-0.39, 0.29) is 11.6 Å². The first-order valence-corrected chi connectivity index (χ1v) is 7.52. The Hall–Kier alpha value is -2.41. The predicted octanol–water partition coefficient (Wildman–Crippen LogP) is 3.85. The second kappa shape index (κ2) is 5.76. The van der Waals surface area contributed by atoms with Gasteiger partial charge < -0.3 is 4.90 Å². The highest BCUT2D eigenvalue weighted by molar-refractivity contribution is 5.50. The van der Waals surface area contributed by atoms with E-state index in [0.29, 0.717) is 11.7 Å². The van der Waals surface area contributed by atoms with Gasteiger partial charge in [0.25, 0.3) is 0 Å². The van der Waals surface area contributed by atoms with Gasteiger partial charge in [-0.15, -0.1) is 0 Å². The van der Waals surface area contributed by atoms with Crippen LogP contribution in [0, 0.1) is 23.1 Å². The van der Waals surface area contributed by atoms with Crippen molar-refractivity contribution in [3.8, 4) is 6.07 Å². The maximum absolute atomic E-state index is 14.4. The van der Waals surface area contributed by atoms with Crippen LogP contribution in [0.1, 0.15) is 36.6 Å². The summed E-state index contributed by atoms with van der Waals surface area (Å²) in [5.41, 5.74) is 2.82. The largest absolute Gasteiger partial charge is 0.347 e. The second-order valence-electron chi connectivity index (χ2n) is 5.97. The van der Waals surface area contributed by atoms with Crippen molar-refractivity contribution in [2.75, 3.05) is 11.4 Å². The quantitative estimate of drug-likeness (QED) is 0.844. The minimum absolute atomic E-state index is 0.0971. The Bertz CT molecular complexity index is 733. The highest BCUT2D eigenvalue weighted by atomic mass is 19.1. The lowest BCUT2D eigenvalue weighted by Crippen LogP contribution is -2.39. The van der Waals surface area contributed by atoms with Crippen molar-refractivity contribution < 1.29 is 4.39 Å². The number of fused-ring (bicyclic) bond motifs is 1. The number of hydrogen-bond acceptors (Lipinski definition) is 3. The van der Waals surface area contributed by atoms with E-state index in [1.807, 2.05) is 23.1 Å². The fourth-order valence-electron chi connectivity index (χ4n) is 3.26. The Balaban J connectivity index is 2.06.